The van der Waals surface area contributed by atoms with E-state index in [4.69, 9.17) is 17.2 Å². The van der Waals surface area contributed by atoms with Crippen LogP contribution in [0.4, 0.5) is 0 Å². The van der Waals surface area contributed by atoms with Gasteiger partial charge >= 0.3 is 5.97 Å². The van der Waals surface area contributed by atoms with E-state index in [2.05, 4.69) is 21.3 Å². The maximum Gasteiger partial charge on any atom is 0.326 e. The van der Waals surface area contributed by atoms with Crippen molar-refractivity contribution >= 4 is 35.5 Å². The van der Waals surface area contributed by atoms with Crippen LogP contribution in [-0.4, -0.2) is 101 Å². The Morgan fingerprint density at radius 3 is 1.98 bits per heavy atom. The second-order valence-electron chi connectivity index (χ2n) is 14.6. The van der Waals surface area contributed by atoms with Gasteiger partial charge in [0, 0.05) is 13.0 Å². The SMILES string of the molecule is CC[C@H](C)[C@H](NC(=O)[C@@H](N)CC(C)C)C(=O)N[C@@H](CCCCN)C(=O)N[C@@H](CCCCN)C(=O)N1CCC[C@H]1C(=O)N[C@@H](Cc1ccccc1)C(=O)O. The van der Waals surface area contributed by atoms with Crippen LogP contribution in [0.15, 0.2) is 30.3 Å². The topological polar surface area (TPSA) is 252 Å². The van der Waals surface area contributed by atoms with Crippen LogP contribution in [0.2, 0.25) is 0 Å². The zero-order valence-electron chi connectivity index (χ0n) is 32.0. The largest absolute Gasteiger partial charge is 0.480 e. The maximum atomic E-state index is 14.1. The van der Waals surface area contributed by atoms with E-state index in [-0.39, 0.29) is 37.6 Å². The van der Waals surface area contributed by atoms with Crippen LogP contribution in [0, 0.1) is 11.8 Å². The van der Waals surface area contributed by atoms with Crippen LogP contribution >= 0.6 is 0 Å². The first-order valence-corrected chi connectivity index (χ1v) is 19.2. The number of hydrogen-bond donors (Lipinski definition) is 8. The van der Waals surface area contributed by atoms with Crippen molar-refractivity contribution in [2.75, 3.05) is 19.6 Å². The summed E-state index contributed by atoms with van der Waals surface area (Å²) >= 11 is 0. The van der Waals surface area contributed by atoms with E-state index in [1.165, 1.54) is 4.90 Å². The molecule has 15 heteroatoms. The summed E-state index contributed by atoms with van der Waals surface area (Å²) in [5.74, 6) is -3.91. The number of nitrogens with zero attached hydrogens (tertiary/aromatic N) is 1. The van der Waals surface area contributed by atoms with Gasteiger partial charge in [0.15, 0.2) is 0 Å². The Hall–Kier alpha value is -4.08. The summed E-state index contributed by atoms with van der Waals surface area (Å²) < 4.78 is 0. The van der Waals surface area contributed by atoms with Gasteiger partial charge in [-0.15, -0.1) is 0 Å². The lowest BCUT2D eigenvalue weighted by atomic mass is 9.96. The van der Waals surface area contributed by atoms with Crippen molar-refractivity contribution in [3.63, 3.8) is 0 Å². The molecule has 0 saturated carbocycles. The molecule has 0 aliphatic carbocycles. The molecule has 1 aliphatic heterocycles. The van der Waals surface area contributed by atoms with Crippen LogP contribution in [0.25, 0.3) is 0 Å². The van der Waals surface area contributed by atoms with Crippen molar-refractivity contribution in [2.24, 2.45) is 29.0 Å². The molecule has 298 valence electrons. The zero-order valence-corrected chi connectivity index (χ0v) is 32.0. The number of hydrogen-bond acceptors (Lipinski definition) is 9. The van der Waals surface area contributed by atoms with Gasteiger partial charge in [-0.05, 0) is 88.3 Å². The van der Waals surface area contributed by atoms with Crippen LogP contribution in [0.5, 0.6) is 0 Å². The van der Waals surface area contributed by atoms with E-state index in [0.29, 0.717) is 64.5 Å². The third-order valence-corrected chi connectivity index (χ3v) is 9.73. The lowest BCUT2D eigenvalue weighted by Gasteiger charge is -2.31. The third kappa shape index (κ3) is 15.1. The smallest absolute Gasteiger partial charge is 0.326 e. The molecule has 0 aromatic heterocycles. The normalized spacial score (nSPS) is 17.6. The molecule has 2 rings (SSSR count). The van der Waals surface area contributed by atoms with Crippen molar-refractivity contribution in [1.29, 1.82) is 0 Å². The lowest BCUT2D eigenvalue weighted by molar-refractivity contribution is -0.145. The highest BCUT2D eigenvalue weighted by Gasteiger charge is 2.40. The standard InChI is InChI=1S/C38H64N8O7/c1-5-25(4)32(45-33(47)27(41)22-24(2)3)36(50)42-28(16-9-11-19-39)34(48)43-29(17-10-12-20-40)37(51)46-21-13-18-31(46)35(49)44-30(38(52)53)23-26-14-7-6-8-15-26/h6-8,14-15,24-25,27-32H,5,9-13,16-23,39-41H2,1-4H3,(H,42,50)(H,43,48)(H,44,49)(H,45,47)(H,52,53)/t25-,27-,28-,29-,30-,31-,32-/m0/s1. The van der Waals surface area contributed by atoms with Crippen molar-refractivity contribution in [1.82, 2.24) is 26.2 Å². The molecule has 1 heterocycles. The van der Waals surface area contributed by atoms with E-state index in [0.717, 1.165) is 5.56 Å². The number of benzene rings is 1. The van der Waals surface area contributed by atoms with Crippen molar-refractivity contribution in [3.05, 3.63) is 35.9 Å². The highest BCUT2D eigenvalue weighted by Crippen LogP contribution is 2.21. The molecule has 5 amide bonds. The fourth-order valence-corrected chi connectivity index (χ4v) is 6.44. The summed E-state index contributed by atoms with van der Waals surface area (Å²) in [6.45, 7) is 8.64. The maximum absolute atomic E-state index is 14.1. The molecule has 53 heavy (non-hydrogen) atoms. The predicted octanol–water partition coefficient (Wildman–Crippen LogP) is 0.921. The number of nitrogens with two attached hydrogens (primary N) is 3. The number of carbonyl (C=O) groups is 6. The van der Waals surface area contributed by atoms with E-state index >= 15 is 0 Å². The number of carbonyl (C=O) groups excluding carboxylic acids is 5. The molecule has 0 radical (unpaired) electrons. The molecule has 1 saturated heterocycles. The predicted molar refractivity (Wildman–Crippen MR) is 203 cm³/mol. The first-order chi connectivity index (χ1) is 25.2. The van der Waals surface area contributed by atoms with Crippen molar-refractivity contribution in [3.8, 4) is 0 Å². The Morgan fingerprint density at radius 2 is 1.42 bits per heavy atom. The molecular weight excluding hydrogens is 680 g/mol. The molecule has 0 spiro atoms. The first-order valence-electron chi connectivity index (χ1n) is 19.2. The number of amides is 5. The zero-order chi connectivity index (χ0) is 39.5. The summed E-state index contributed by atoms with van der Waals surface area (Å²) in [7, 11) is 0. The lowest BCUT2D eigenvalue weighted by Crippen LogP contribution is -2.60. The van der Waals surface area contributed by atoms with Gasteiger partial charge in [-0.2, -0.15) is 0 Å². The van der Waals surface area contributed by atoms with Gasteiger partial charge in [0.2, 0.25) is 29.5 Å². The average Bonchev–Trinajstić information content (AvgIpc) is 3.62. The van der Waals surface area contributed by atoms with Gasteiger partial charge in [0.25, 0.3) is 0 Å². The fourth-order valence-electron chi connectivity index (χ4n) is 6.44. The van der Waals surface area contributed by atoms with Crippen molar-refractivity contribution < 1.29 is 33.9 Å². The molecule has 1 aromatic carbocycles. The first kappa shape index (κ1) is 45.1. The Labute approximate surface area is 314 Å². The fraction of sp³-hybridized carbons (Fsp3) is 0.684. The van der Waals surface area contributed by atoms with Gasteiger partial charge in [-0.1, -0.05) is 64.4 Å². The molecular formula is C38H64N8O7. The van der Waals surface area contributed by atoms with Gasteiger partial charge in [0.1, 0.15) is 30.2 Å². The number of aliphatic carboxylic acids is 1. The molecule has 0 bridgehead atoms. The quantitative estimate of drug-likeness (QED) is 0.0695. The van der Waals surface area contributed by atoms with E-state index in [1.54, 1.807) is 24.3 Å². The average molecular weight is 745 g/mol. The van der Waals surface area contributed by atoms with Gasteiger partial charge in [-0.3, -0.25) is 24.0 Å². The van der Waals surface area contributed by atoms with Crippen LogP contribution in [0.3, 0.4) is 0 Å². The van der Waals surface area contributed by atoms with Gasteiger partial charge in [0.05, 0.1) is 6.04 Å². The molecule has 1 aromatic rings. The second kappa shape index (κ2) is 23.6. The molecule has 0 unspecified atom stereocenters. The summed E-state index contributed by atoms with van der Waals surface area (Å²) in [5, 5.41) is 20.9. The second-order valence-corrected chi connectivity index (χ2v) is 14.6. The minimum absolute atomic E-state index is 0.0733. The molecule has 1 aliphatic rings. The van der Waals surface area contributed by atoms with E-state index in [1.807, 2.05) is 33.8 Å². The summed E-state index contributed by atoms with van der Waals surface area (Å²) in [5.41, 5.74) is 18.3. The molecule has 15 nitrogen and oxygen atoms in total. The number of rotatable bonds is 24. The Kier molecular flexibility index (Phi) is 20.0. The van der Waals surface area contributed by atoms with E-state index < -0.39 is 71.8 Å². The molecule has 11 N–H and O–H groups in total. The van der Waals surface area contributed by atoms with Crippen LogP contribution in [0.1, 0.15) is 97.5 Å². The number of unbranched alkanes of at least 4 members (excludes halogenated alkanes) is 2. The Balaban J connectivity index is 2.27. The van der Waals surface area contributed by atoms with Crippen molar-refractivity contribution in [2.45, 2.75) is 135 Å². The number of nitrogens with one attached hydrogen (secondary N) is 4. The minimum atomic E-state index is -1.20. The monoisotopic (exact) mass is 744 g/mol. The van der Waals surface area contributed by atoms with Crippen LogP contribution in [-0.2, 0) is 35.2 Å². The molecule has 1 fully saturated rings. The Morgan fingerprint density at radius 1 is 0.811 bits per heavy atom. The highest BCUT2D eigenvalue weighted by molar-refractivity contribution is 5.96. The Bertz CT molecular complexity index is 1330. The highest BCUT2D eigenvalue weighted by atomic mass is 16.4. The number of carboxylic acid groups (broad SMARTS) is 1. The molecule has 7 atom stereocenters. The third-order valence-electron chi connectivity index (χ3n) is 9.73. The summed E-state index contributed by atoms with van der Waals surface area (Å²) in [6.07, 6.45) is 4.63. The van der Waals surface area contributed by atoms with E-state index in [9.17, 15) is 33.9 Å². The number of carboxylic acids is 1. The minimum Gasteiger partial charge on any atom is -0.480 e. The summed E-state index contributed by atoms with van der Waals surface area (Å²) in [6, 6.07) is 3.00. The van der Waals surface area contributed by atoms with Gasteiger partial charge in [-0.25, -0.2) is 4.79 Å². The number of likely N-dealkylation sites (tertiary alicyclic amines) is 1. The van der Waals surface area contributed by atoms with Gasteiger partial charge < -0.3 is 48.5 Å². The summed E-state index contributed by atoms with van der Waals surface area (Å²) in [4.78, 5) is 81.7. The van der Waals surface area contributed by atoms with Crippen LogP contribution < -0.4 is 38.5 Å².